The van der Waals surface area contributed by atoms with E-state index in [4.69, 9.17) is 26.8 Å². The second kappa shape index (κ2) is 7.23. The molecular weight excluding hydrogens is 342 g/mol. The van der Waals surface area contributed by atoms with E-state index in [1.54, 1.807) is 20.3 Å². The third-order valence-electron chi connectivity index (χ3n) is 4.47. The Labute approximate surface area is 152 Å². The van der Waals surface area contributed by atoms with Crippen LogP contribution in [-0.2, 0) is 0 Å². The molecule has 1 unspecified atom stereocenters. The molecule has 2 heterocycles. The number of rotatable bonds is 5. The summed E-state index contributed by atoms with van der Waals surface area (Å²) in [5, 5.41) is 0.349. The largest absolute Gasteiger partial charge is 0.497 e. The first-order valence-electron chi connectivity index (χ1n) is 8.01. The van der Waals surface area contributed by atoms with E-state index >= 15 is 0 Å². The maximum atomic E-state index is 6.00. The minimum Gasteiger partial charge on any atom is -0.497 e. The van der Waals surface area contributed by atoms with Gasteiger partial charge in [-0.05, 0) is 6.42 Å². The van der Waals surface area contributed by atoms with E-state index in [0.29, 0.717) is 11.2 Å². The maximum absolute atomic E-state index is 6.00. The Kier molecular flexibility index (Phi) is 5.03. The fourth-order valence-corrected chi connectivity index (χ4v) is 3.24. The number of methoxy groups -OCH3 is 2. The number of anilines is 3. The molecule has 134 valence electrons. The fraction of sp³-hybridized carbons (Fsp3) is 0.412. The molecule has 25 heavy (non-hydrogen) atoms. The van der Waals surface area contributed by atoms with Gasteiger partial charge in [-0.1, -0.05) is 11.6 Å². The van der Waals surface area contributed by atoms with Gasteiger partial charge >= 0.3 is 0 Å². The molecule has 1 aliphatic heterocycles. The van der Waals surface area contributed by atoms with Crippen LogP contribution in [0.25, 0.3) is 0 Å². The molecule has 0 amide bonds. The van der Waals surface area contributed by atoms with Crippen molar-refractivity contribution in [3.8, 4) is 11.5 Å². The topological polar surface area (TPSA) is 76.7 Å². The lowest BCUT2D eigenvalue weighted by Crippen LogP contribution is -2.35. The van der Waals surface area contributed by atoms with E-state index in [0.717, 1.165) is 42.5 Å². The molecule has 2 aromatic rings. The molecule has 0 radical (unpaired) electrons. The van der Waals surface area contributed by atoms with Gasteiger partial charge in [0.25, 0.3) is 0 Å². The lowest BCUT2D eigenvalue weighted by Gasteiger charge is -2.26. The highest BCUT2D eigenvalue weighted by Crippen LogP contribution is 2.32. The summed E-state index contributed by atoms with van der Waals surface area (Å²) in [7, 11) is 5.31. The average Bonchev–Trinajstić information content (AvgIpc) is 3.09. The van der Waals surface area contributed by atoms with Crippen molar-refractivity contribution in [2.45, 2.75) is 12.5 Å². The predicted molar refractivity (Wildman–Crippen MR) is 100 cm³/mol. The molecule has 0 saturated carbocycles. The van der Waals surface area contributed by atoms with E-state index in [9.17, 15) is 0 Å². The van der Waals surface area contributed by atoms with Crippen molar-refractivity contribution in [3.63, 3.8) is 0 Å². The second-order valence-electron chi connectivity index (χ2n) is 5.98. The number of hydrogen-bond acceptors (Lipinski definition) is 7. The van der Waals surface area contributed by atoms with Crippen molar-refractivity contribution in [2.24, 2.45) is 0 Å². The van der Waals surface area contributed by atoms with Crippen LogP contribution in [0.5, 0.6) is 11.5 Å². The molecule has 0 aliphatic carbocycles. The number of ether oxygens (including phenoxy) is 2. The third kappa shape index (κ3) is 3.82. The number of nitrogens with zero attached hydrogens (tertiary/aromatic N) is 4. The normalized spacial score (nSPS) is 16.8. The van der Waals surface area contributed by atoms with Gasteiger partial charge in [0.1, 0.15) is 22.5 Å². The number of nitrogens with two attached hydrogens (primary N) is 1. The number of halogens is 1. The molecule has 3 rings (SSSR count). The molecule has 1 aromatic heterocycles. The van der Waals surface area contributed by atoms with Gasteiger partial charge in [-0.3, -0.25) is 0 Å². The zero-order valence-corrected chi connectivity index (χ0v) is 15.3. The highest BCUT2D eigenvalue weighted by Gasteiger charge is 2.27. The molecule has 2 N–H and O–H groups in total. The van der Waals surface area contributed by atoms with Gasteiger partial charge in [-0.2, -0.15) is 4.98 Å². The van der Waals surface area contributed by atoms with E-state index in [-0.39, 0.29) is 5.95 Å². The van der Waals surface area contributed by atoms with Crippen LogP contribution in [0.15, 0.2) is 24.3 Å². The number of nitrogen functional groups attached to an aromatic ring is 1. The summed E-state index contributed by atoms with van der Waals surface area (Å²) in [5.74, 6) is 2.47. The molecular formula is C17H22ClN5O2. The summed E-state index contributed by atoms with van der Waals surface area (Å²) in [6.07, 6.45) is 0.998. The number of aromatic nitrogens is 2. The Balaban J connectivity index is 1.77. The zero-order chi connectivity index (χ0) is 18.0. The zero-order valence-electron chi connectivity index (χ0n) is 14.6. The van der Waals surface area contributed by atoms with Crippen molar-refractivity contribution in [3.05, 3.63) is 29.4 Å². The van der Waals surface area contributed by atoms with E-state index in [2.05, 4.69) is 19.8 Å². The van der Waals surface area contributed by atoms with Gasteiger partial charge < -0.3 is 25.0 Å². The Morgan fingerprint density at radius 2 is 1.84 bits per heavy atom. The molecule has 7 nitrogen and oxygen atoms in total. The van der Waals surface area contributed by atoms with Crippen molar-refractivity contribution in [1.29, 1.82) is 0 Å². The predicted octanol–water partition coefficient (Wildman–Crippen LogP) is 2.44. The van der Waals surface area contributed by atoms with Gasteiger partial charge in [0, 0.05) is 56.1 Å². The Bertz CT molecular complexity index is 715. The molecule has 1 fully saturated rings. The van der Waals surface area contributed by atoms with Crippen molar-refractivity contribution in [1.82, 2.24) is 9.97 Å². The van der Waals surface area contributed by atoms with Gasteiger partial charge in [0.2, 0.25) is 5.95 Å². The standard InChI is InChI=1S/C17H22ClN5O2/c1-22(16-9-15(18)20-17(19)21-16)11-4-5-23(10-11)12-6-13(24-2)8-14(7-12)25-3/h6-9,11H,4-5,10H2,1-3H3,(H2,19,20,21). The molecule has 1 atom stereocenters. The molecule has 8 heteroatoms. The summed E-state index contributed by atoms with van der Waals surface area (Å²) >= 11 is 6.00. The lowest BCUT2D eigenvalue weighted by molar-refractivity contribution is 0.394. The highest BCUT2D eigenvalue weighted by molar-refractivity contribution is 6.29. The third-order valence-corrected chi connectivity index (χ3v) is 4.67. The smallest absolute Gasteiger partial charge is 0.223 e. The van der Waals surface area contributed by atoms with E-state index in [1.807, 2.05) is 25.2 Å². The summed E-state index contributed by atoms with van der Waals surface area (Å²) in [5.41, 5.74) is 6.78. The SMILES string of the molecule is COc1cc(OC)cc(N2CCC(N(C)c3cc(Cl)nc(N)n3)C2)c1. The van der Waals surface area contributed by atoms with Gasteiger partial charge in [-0.15, -0.1) is 0 Å². The van der Waals surface area contributed by atoms with Gasteiger partial charge in [0.15, 0.2) is 0 Å². The van der Waals surface area contributed by atoms with Crippen molar-refractivity contribution in [2.75, 3.05) is 49.9 Å². The van der Waals surface area contributed by atoms with Crippen LogP contribution in [0.3, 0.4) is 0 Å². The molecule has 0 bridgehead atoms. The highest BCUT2D eigenvalue weighted by atomic mass is 35.5. The molecule has 1 saturated heterocycles. The Hall–Kier alpha value is -2.41. The van der Waals surface area contributed by atoms with E-state index < -0.39 is 0 Å². The molecule has 1 aromatic carbocycles. The van der Waals surface area contributed by atoms with Crippen LogP contribution in [-0.4, -0.2) is 50.4 Å². The first kappa shape index (κ1) is 17.4. The van der Waals surface area contributed by atoms with Gasteiger partial charge in [0.05, 0.1) is 14.2 Å². The van der Waals surface area contributed by atoms with Crippen LogP contribution in [0, 0.1) is 0 Å². The van der Waals surface area contributed by atoms with Crippen LogP contribution < -0.4 is 25.0 Å². The second-order valence-corrected chi connectivity index (χ2v) is 6.36. The minimum atomic E-state index is 0.182. The van der Waals surface area contributed by atoms with Crippen LogP contribution in [0.2, 0.25) is 5.15 Å². The van der Waals surface area contributed by atoms with Crippen LogP contribution >= 0.6 is 11.6 Å². The maximum Gasteiger partial charge on any atom is 0.223 e. The van der Waals surface area contributed by atoms with Gasteiger partial charge in [-0.25, -0.2) is 4.98 Å². The molecule has 1 aliphatic rings. The average molecular weight is 364 g/mol. The first-order valence-corrected chi connectivity index (χ1v) is 8.39. The van der Waals surface area contributed by atoms with Crippen molar-refractivity contribution < 1.29 is 9.47 Å². The number of benzene rings is 1. The number of hydrogen-bond donors (Lipinski definition) is 1. The Morgan fingerprint density at radius 3 is 2.44 bits per heavy atom. The van der Waals surface area contributed by atoms with Crippen LogP contribution in [0.4, 0.5) is 17.5 Å². The fourth-order valence-electron chi connectivity index (χ4n) is 3.06. The minimum absolute atomic E-state index is 0.182. The summed E-state index contributed by atoms with van der Waals surface area (Å²) in [4.78, 5) is 12.6. The summed E-state index contributed by atoms with van der Waals surface area (Å²) < 4.78 is 10.7. The first-order chi connectivity index (χ1) is 12.0. The number of likely N-dealkylation sites (N-methyl/N-ethyl adjacent to an activating group) is 1. The monoisotopic (exact) mass is 363 g/mol. The van der Waals surface area contributed by atoms with Crippen LogP contribution in [0.1, 0.15) is 6.42 Å². The quantitative estimate of drug-likeness (QED) is 0.817. The van der Waals surface area contributed by atoms with E-state index in [1.165, 1.54) is 0 Å². The lowest BCUT2D eigenvalue weighted by atomic mass is 10.2. The van der Waals surface area contributed by atoms with Crippen molar-refractivity contribution >= 4 is 29.1 Å². The summed E-state index contributed by atoms with van der Waals surface area (Å²) in [6, 6.07) is 7.93. The summed E-state index contributed by atoms with van der Waals surface area (Å²) in [6.45, 7) is 1.79. The Morgan fingerprint density at radius 1 is 1.16 bits per heavy atom. The molecule has 0 spiro atoms.